The molecular formula is C29H32F5N3O2S2. The Morgan fingerprint density at radius 2 is 1.51 bits per heavy atom. The Balaban J connectivity index is 1.25. The number of halogens is 5. The van der Waals surface area contributed by atoms with Gasteiger partial charge in [0, 0.05) is 29.8 Å². The summed E-state index contributed by atoms with van der Waals surface area (Å²) in [6, 6.07) is 11.5. The summed E-state index contributed by atoms with van der Waals surface area (Å²) >= 11 is 0. The second kappa shape index (κ2) is 9.45. The van der Waals surface area contributed by atoms with Crippen molar-refractivity contribution in [1.29, 1.82) is 0 Å². The molecule has 1 N–H and O–H groups in total. The molecule has 222 valence electrons. The van der Waals surface area contributed by atoms with Gasteiger partial charge in [-0.1, -0.05) is 45.4 Å². The Morgan fingerprint density at radius 1 is 0.902 bits per heavy atom. The number of aryl methyl sites for hydroxylation is 1. The third kappa shape index (κ3) is 6.08. The van der Waals surface area contributed by atoms with Crippen LogP contribution in [0.3, 0.4) is 0 Å². The molecular weight excluding hydrogens is 581 g/mol. The molecule has 4 aromatic rings. The van der Waals surface area contributed by atoms with E-state index in [4.69, 9.17) is 0 Å². The maximum Gasteiger partial charge on any atom is 0.310 e. The number of rotatable bonds is 7. The van der Waals surface area contributed by atoms with E-state index in [1.54, 1.807) is 12.1 Å². The van der Waals surface area contributed by atoms with Gasteiger partial charge in [-0.3, -0.25) is 0 Å². The van der Waals surface area contributed by atoms with Gasteiger partial charge in [-0.05, 0) is 97.7 Å². The summed E-state index contributed by atoms with van der Waals surface area (Å²) in [5.74, 6) is 0.293. The number of sulfone groups is 1. The number of benzene rings is 2. The zero-order valence-electron chi connectivity index (χ0n) is 22.8. The average Bonchev–Trinajstić information content (AvgIpc) is 3.33. The van der Waals surface area contributed by atoms with E-state index in [1.807, 2.05) is 37.5 Å². The molecule has 5 rings (SSSR count). The molecule has 5 nitrogen and oxygen atoms in total. The van der Waals surface area contributed by atoms with Gasteiger partial charge in [-0.2, -0.15) is 0 Å². The lowest BCUT2D eigenvalue weighted by Crippen LogP contribution is -2.32. The minimum atomic E-state index is -9.72. The summed E-state index contributed by atoms with van der Waals surface area (Å²) in [5, 5.41) is 2.46. The Bertz CT molecular complexity index is 1690. The number of hydrogen-bond donors (Lipinski definition) is 1. The van der Waals surface area contributed by atoms with Crippen molar-refractivity contribution in [2.75, 3.05) is 5.32 Å². The van der Waals surface area contributed by atoms with Crippen LogP contribution in [0.25, 0.3) is 16.8 Å². The van der Waals surface area contributed by atoms with Gasteiger partial charge in [-0.25, -0.2) is 13.4 Å². The van der Waals surface area contributed by atoms with Crippen molar-refractivity contribution >= 4 is 31.4 Å². The van der Waals surface area contributed by atoms with Crippen molar-refractivity contribution in [3.05, 3.63) is 78.2 Å². The zero-order chi connectivity index (χ0) is 29.9. The second-order valence-electron chi connectivity index (χ2n) is 11.1. The first kappa shape index (κ1) is 29.4. The topological polar surface area (TPSA) is 63.5 Å². The van der Waals surface area contributed by atoms with Gasteiger partial charge in [0.25, 0.3) is 0 Å². The summed E-state index contributed by atoms with van der Waals surface area (Å²) in [6.07, 6.45) is 5.61. The van der Waals surface area contributed by atoms with Crippen molar-refractivity contribution in [1.82, 2.24) is 9.38 Å². The summed E-state index contributed by atoms with van der Waals surface area (Å²) in [6.45, 7) is 6.21. The van der Waals surface area contributed by atoms with Crippen LogP contribution < -0.4 is 5.32 Å². The maximum atomic E-state index is 13.4. The smallest absolute Gasteiger partial charge is 0.310 e. The third-order valence-corrected chi connectivity index (χ3v) is 11.2. The van der Waals surface area contributed by atoms with Crippen LogP contribution in [0.1, 0.15) is 56.7 Å². The van der Waals surface area contributed by atoms with E-state index in [9.17, 15) is 27.8 Å². The summed E-state index contributed by atoms with van der Waals surface area (Å²) in [7, 11) is -13.3. The van der Waals surface area contributed by atoms with E-state index in [1.165, 1.54) is 0 Å². The van der Waals surface area contributed by atoms with Crippen molar-refractivity contribution < 1.29 is 27.8 Å². The summed E-state index contributed by atoms with van der Waals surface area (Å²) in [5.41, 5.74) is 5.13. The molecule has 41 heavy (non-hydrogen) atoms. The number of nitrogens with one attached hydrogen (secondary N) is 1. The quantitative estimate of drug-likeness (QED) is 0.211. The van der Waals surface area contributed by atoms with Crippen molar-refractivity contribution in [2.24, 2.45) is 0 Å². The number of fused-ring (bicyclic) bond motifs is 1. The number of pyridine rings is 1. The van der Waals surface area contributed by atoms with Gasteiger partial charge in [0.15, 0.2) is 9.84 Å². The zero-order valence-corrected chi connectivity index (χ0v) is 24.5. The van der Waals surface area contributed by atoms with E-state index in [0.717, 1.165) is 40.2 Å². The molecule has 0 bridgehead atoms. The molecule has 1 aliphatic carbocycles. The average molecular weight is 614 g/mol. The predicted octanol–water partition coefficient (Wildman–Crippen LogP) is 9.29. The first-order valence-corrected chi connectivity index (χ1v) is 16.8. The summed E-state index contributed by atoms with van der Waals surface area (Å²) < 4.78 is 93.7. The van der Waals surface area contributed by atoms with Crippen molar-refractivity contribution in [3.63, 3.8) is 0 Å². The SMILES string of the molecule is Cc1cc(-c2ccc(S(=O)(=O)C3CCC(Nc4ccc(S(F)(F)(F)(F)F)cc4)CC3)cc2)cn2c(C(C)C)cnc12. The molecule has 0 spiro atoms. The van der Waals surface area contributed by atoms with Gasteiger partial charge in [0.1, 0.15) is 10.5 Å². The lowest BCUT2D eigenvalue weighted by molar-refractivity contribution is 0.364. The highest BCUT2D eigenvalue weighted by Gasteiger charge is 2.65. The first-order valence-electron chi connectivity index (χ1n) is 13.3. The minimum absolute atomic E-state index is 0.174. The number of nitrogens with zero attached hydrogens (tertiary/aromatic N) is 2. The predicted molar refractivity (Wildman–Crippen MR) is 154 cm³/mol. The minimum Gasteiger partial charge on any atom is -0.382 e. The van der Waals surface area contributed by atoms with Crippen molar-refractivity contribution in [2.45, 2.75) is 73.5 Å². The van der Waals surface area contributed by atoms with Crippen LogP contribution in [-0.4, -0.2) is 29.1 Å². The fraction of sp³-hybridized carbons (Fsp3) is 0.345. The molecule has 0 aliphatic heterocycles. The highest BCUT2D eigenvalue weighted by atomic mass is 32.5. The highest BCUT2D eigenvalue weighted by molar-refractivity contribution is 8.45. The normalized spacial score (nSPS) is 20.1. The molecule has 0 saturated heterocycles. The monoisotopic (exact) mass is 613 g/mol. The lowest BCUT2D eigenvalue weighted by atomic mass is 9.95. The molecule has 0 atom stereocenters. The summed E-state index contributed by atoms with van der Waals surface area (Å²) in [4.78, 5) is 2.84. The molecule has 0 amide bonds. The fourth-order valence-electron chi connectivity index (χ4n) is 5.45. The van der Waals surface area contributed by atoms with Gasteiger partial charge < -0.3 is 9.72 Å². The van der Waals surface area contributed by atoms with Gasteiger partial charge in [0.05, 0.1) is 10.1 Å². The van der Waals surface area contributed by atoms with Crippen molar-refractivity contribution in [3.8, 4) is 11.1 Å². The molecule has 0 unspecified atom stereocenters. The molecule has 1 fully saturated rings. The van der Waals surface area contributed by atoms with E-state index in [0.29, 0.717) is 43.7 Å². The molecule has 2 heterocycles. The number of hydrogen-bond acceptors (Lipinski definition) is 4. The van der Waals surface area contributed by atoms with Gasteiger partial charge >= 0.3 is 10.2 Å². The highest BCUT2D eigenvalue weighted by Crippen LogP contribution is 3.02. The lowest BCUT2D eigenvalue weighted by Gasteiger charge is -2.40. The van der Waals surface area contributed by atoms with E-state index >= 15 is 0 Å². The largest absolute Gasteiger partial charge is 0.382 e. The molecule has 1 aliphatic rings. The fourth-order valence-corrected chi connectivity index (χ4v) is 7.90. The number of imidazole rings is 1. The number of aromatic nitrogens is 2. The Kier molecular flexibility index (Phi) is 6.77. The Hall–Kier alpha value is -3.12. The van der Waals surface area contributed by atoms with Crippen LogP contribution in [0.15, 0.2) is 76.8 Å². The van der Waals surface area contributed by atoms with E-state index in [-0.39, 0.29) is 16.6 Å². The molecule has 12 heteroatoms. The van der Waals surface area contributed by atoms with Crippen LogP contribution in [0, 0.1) is 6.92 Å². The number of anilines is 1. The standard InChI is InChI=1S/C29H32F5N3O2S2/c1-19(2)28-17-35-29-20(3)16-22(18-37(28)29)21-4-10-25(11-5-21)40(38,39)26-12-6-23(7-13-26)36-24-8-14-27(15-9-24)41(30,31,32,33)34/h4-5,8-11,14-19,23,26,36H,6-7,12-13H2,1-3H3. The molecule has 2 aromatic carbocycles. The van der Waals surface area contributed by atoms with Crippen LogP contribution in [0.2, 0.25) is 0 Å². The molecule has 2 aromatic heterocycles. The van der Waals surface area contributed by atoms with Crippen LogP contribution >= 0.6 is 10.2 Å². The third-order valence-electron chi connectivity index (χ3n) is 7.71. The maximum absolute atomic E-state index is 13.4. The molecule has 0 radical (unpaired) electrons. The van der Waals surface area contributed by atoms with Gasteiger partial charge in [-0.15, -0.1) is 0 Å². The Morgan fingerprint density at radius 3 is 2.07 bits per heavy atom. The van der Waals surface area contributed by atoms with E-state index < -0.39 is 30.2 Å². The van der Waals surface area contributed by atoms with Gasteiger partial charge in [0.2, 0.25) is 0 Å². The van der Waals surface area contributed by atoms with E-state index in [2.05, 4.69) is 28.5 Å². The second-order valence-corrected chi connectivity index (χ2v) is 15.8. The van der Waals surface area contributed by atoms with Crippen LogP contribution in [0.4, 0.5) is 25.1 Å². The van der Waals surface area contributed by atoms with Crippen LogP contribution in [-0.2, 0) is 9.84 Å². The van der Waals surface area contributed by atoms with Crippen LogP contribution in [0.5, 0.6) is 0 Å². The molecule has 1 saturated carbocycles. The first-order chi connectivity index (χ1) is 18.9. The Labute approximate surface area is 236 Å².